The van der Waals surface area contributed by atoms with Crippen molar-refractivity contribution in [3.05, 3.63) is 18.2 Å². The second-order valence-corrected chi connectivity index (χ2v) is 10.5. The molecule has 0 amide bonds. The molecule has 0 aromatic heterocycles. The zero-order chi connectivity index (χ0) is 19.3. The molecule has 26 heavy (non-hydrogen) atoms. The summed E-state index contributed by atoms with van der Waals surface area (Å²) in [5, 5.41) is 0. The Morgan fingerprint density at radius 3 is 1.77 bits per heavy atom. The Morgan fingerprint density at radius 1 is 0.769 bits per heavy atom. The van der Waals surface area contributed by atoms with E-state index in [1.165, 1.54) is 51.4 Å². The third kappa shape index (κ3) is 8.95. The van der Waals surface area contributed by atoms with Gasteiger partial charge in [0.1, 0.15) is 0 Å². The molecule has 0 aliphatic heterocycles. The Labute approximate surface area is 161 Å². The average Bonchev–Trinajstić information content (AvgIpc) is 2.63. The summed E-state index contributed by atoms with van der Waals surface area (Å²) in [6, 6.07) is 5.65. The van der Waals surface area contributed by atoms with Crippen molar-refractivity contribution in [3.8, 4) is 17.2 Å². The summed E-state index contributed by atoms with van der Waals surface area (Å²) in [5.74, 6) is 1.99. The van der Waals surface area contributed by atoms with Crippen molar-refractivity contribution in [1.29, 1.82) is 0 Å². The second kappa shape index (κ2) is 13.0. The van der Waals surface area contributed by atoms with E-state index in [9.17, 15) is 0 Å². The summed E-state index contributed by atoms with van der Waals surface area (Å²) in [6.45, 7) is 7.14. The molecule has 0 atom stereocenters. The van der Waals surface area contributed by atoms with E-state index in [4.69, 9.17) is 18.3 Å². The lowest BCUT2D eigenvalue weighted by Crippen LogP contribution is -2.38. The normalized spacial score (nSPS) is 11.4. The van der Waals surface area contributed by atoms with Gasteiger partial charge in [-0.15, -0.1) is 0 Å². The summed E-state index contributed by atoms with van der Waals surface area (Å²) in [6.07, 6.45) is 11.8. The molecule has 1 rings (SSSR count). The summed E-state index contributed by atoms with van der Waals surface area (Å²) in [7, 11) is 0.987. The number of hydrogen-bond donors (Lipinski definition) is 0. The van der Waals surface area contributed by atoms with Gasteiger partial charge in [0.25, 0.3) is 0 Å². The van der Waals surface area contributed by atoms with Crippen molar-refractivity contribution in [3.63, 3.8) is 0 Å². The third-order valence-corrected chi connectivity index (χ3v) is 6.02. The van der Waals surface area contributed by atoms with Crippen LogP contribution >= 0.6 is 0 Å². The Hall–Kier alpha value is -1.20. The van der Waals surface area contributed by atoms with Crippen molar-refractivity contribution in [2.45, 2.75) is 77.8 Å². The molecule has 4 nitrogen and oxygen atoms in total. The SMILES string of the molecule is CCCCCCCCCCCO[Si](C)(C)Oc1c(OC)cccc1OC. The molecule has 0 aliphatic carbocycles. The van der Waals surface area contributed by atoms with Gasteiger partial charge < -0.3 is 18.3 Å². The average molecular weight is 383 g/mol. The van der Waals surface area contributed by atoms with Crippen molar-refractivity contribution in [2.75, 3.05) is 20.8 Å². The lowest BCUT2D eigenvalue weighted by Gasteiger charge is -2.26. The largest absolute Gasteiger partial charge is 0.515 e. The van der Waals surface area contributed by atoms with E-state index in [0.29, 0.717) is 17.2 Å². The van der Waals surface area contributed by atoms with Crippen LogP contribution in [0.5, 0.6) is 17.2 Å². The molecule has 0 aliphatic rings. The fourth-order valence-corrected chi connectivity index (χ4v) is 4.31. The molecule has 0 unspecified atom stereocenters. The minimum Gasteiger partial charge on any atom is -0.515 e. The second-order valence-electron chi connectivity index (χ2n) is 7.17. The van der Waals surface area contributed by atoms with Crippen LogP contribution < -0.4 is 13.9 Å². The minimum absolute atomic E-state index is 0.640. The Morgan fingerprint density at radius 2 is 1.27 bits per heavy atom. The van der Waals surface area contributed by atoms with Crippen LogP contribution in [0.15, 0.2) is 18.2 Å². The van der Waals surface area contributed by atoms with Gasteiger partial charge in [0.2, 0.25) is 0 Å². The van der Waals surface area contributed by atoms with Gasteiger partial charge in [-0.05, 0) is 31.6 Å². The van der Waals surface area contributed by atoms with Crippen LogP contribution in [0.1, 0.15) is 64.7 Å². The van der Waals surface area contributed by atoms with Crippen LogP contribution in [0, 0.1) is 0 Å². The zero-order valence-electron chi connectivity index (χ0n) is 17.4. The molecule has 0 fully saturated rings. The van der Waals surface area contributed by atoms with Gasteiger partial charge in [-0.1, -0.05) is 64.4 Å². The molecular weight excluding hydrogens is 344 g/mol. The summed E-state index contributed by atoms with van der Waals surface area (Å²) < 4.78 is 23.1. The maximum atomic E-state index is 6.20. The third-order valence-electron chi connectivity index (χ3n) is 4.43. The van der Waals surface area contributed by atoms with E-state index >= 15 is 0 Å². The number of para-hydroxylation sites is 1. The van der Waals surface area contributed by atoms with Gasteiger partial charge >= 0.3 is 8.56 Å². The molecular formula is C21H38O4Si. The molecule has 0 radical (unpaired) electrons. The molecule has 1 aromatic rings. The fourth-order valence-electron chi connectivity index (χ4n) is 2.92. The van der Waals surface area contributed by atoms with Crippen LogP contribution in [-0.4, -0.2) is 29.4 Å². The molecule has 0 heterocycles. The summed E-state index contributed by atoms with van der Waals surface area (Å²) in [4.78, 5) is 0. The summed E-state index contributed by atoms with van der Waals surface area (Å²) in [5.41, 5.74) is 0. The predicted molar refractivity (Wildman–Crippen MR) is 111 cm³/mol. The first-order valence-electron chi connectivity index (χ1n) is 10.1. The quantitative estimate of drug-likeness (QED) is 0.262. The van der Waals surface area contributed by atoms with Crippen LogP contribution in [-0.2, 0) is 4.43 Å². The van der Waals surface area contributed by atoms with Gasteiger partial charge in [0.05, 0.1) is 14.2 Å². The Bertz CT molecular complexity index is 469. The van der Waals surface area contributed by atoms with Crippen molar-refractivity contribution >= 4 is 8.56 Å². The molecule has 1 aromatic carbocycles. The first-order valence-corrected chi connectivity index (χ1v) is 12.9. The maximum absolute atomic E-state index is 6.20. The number of unbranched alkanes of at least 4 members (excludes halogenated alkanes) is 8. The Kier molecular flexibility index (Phi) is 11.5. The van der Waals surface area contributed by atoms with Gasteiger partial charge in [-0.3, -0.25) is 0 Å². The number of benzene rings is 1. The number of hydrogen-bond acceptors (Lipinski definition) is 4. The standard InChI is InChI=1S/C21H38O4Si/c1-6-7-8-9-10-11-12-13-14-18-24-26(4,5)25-21-19(22-2)16-15-17-20(21)23-3/h15-17H,6-14,18H2,1-5H3. The first-order chi connectivity index (χ1) is 12.5. The fraction of sp³-hybridized carbons (Fsp3) is 0.714. The van der Waals surface area contributed by atoms with Gasteiger partial charge in [-0.2, -0.15) is 0 Å². The van der Waals surface area contributed by atoms with E-state index in [0.717, 1.165) is 13.0 Å². The van der Waals surface area contributed by atoms with Crippen LogP contribution in [0.2, 0.25) is 13.1 Å². The molecule has 0 N–H and O–H groups in total. The van der Waals surface area contributed by atoms with E-state index in [2.05, 4.69) is 20.0 Å². The predicted octanol–water partition coefficient (Wildman–Crippen LogP) is 6.33. The van der Waals surface area contributed by atoms with Crippen molar-refractivity contribution < 1.29 is 18.3 Å². The lowest BCUT2D eigenvalue weighted by molar-refractivity contribution is 0.233. The summed E-state index contributed by atoms with van der Waals surface area (Å²) >= 11 is 0. The molecule has 150 valence electrons. The highest BCUT2D eigenvalue weighted by Crippen LogP contribution is 2.38. The van der Waals surface area contributed by atoms with E-state index in [1.54, 1.807) is 14.2 Å². The molecule has 5 heteroatoms. The van der Waals surface area contributed by atoms with Crippen LogP contribution in [0.25, 0.3) is 0 Å². The van der Waals surface area contributed by atoms with E-state index in [-0.39, 0.29) is 0 Å². The van der Waals surface area contributed by atoms with Gasteiger partial charge in [-0.25, -0.2) is 0 Å². The lowest BCUT2D eigenvalue weighted by atomic mass is 10.1. The molecule has 0 saturated heterocycles. The smallest absolute Gasteiger partial charge is 0.392 e. The van der Waals surface area contributed by atoms with Crippen molar-refractivity contribution in [2.24, 2.45) is 0 Å². The molecule has 0 bridgehead atoms. The highest BCUT2D eigenvalue weighted by molar-refractivity contribution is 6.65. The maximum Gasteiger partial charge on any atom is 0.392 e. The highest BCUT2D eigenvalue weighted by Gasteiger charge is 2.29. The Balaban J connectivity index is 2.28. The monoisotopic (exact) mass is 382 g/mol. The van der Waals surface area contributed by atoms with E-state index in [1.807, 2.05) is 18.2 Å². The number of ether oxygens (including phenoxy) is 2. The minimum atomic E-state index is -2.29. The van der Waals surface area contributed by atoms with Crippen LogP contribution in [0.3, 0.4) is 0 Å². The van der Waals surface area contributed by atoms with Crippen molar-refractivity contribution in [1.82, 2.24) is 0 Å². The van der Waals surface area contributed by atoms with Gasteiger partial charge in [0.15, 0.2) is 17.2 Å². The molecule has 0 spiro atoms. The molecule has 0 saturated carbocycles. The topological polar surface area (TPSA) is 36.9 Å². The first kappa shape index (κ1) is 22.8. The highest BCUT2D eigenvalue weighted by atomic mass is 28.4. The van der Waals surface area contributed by atoms with E-state index < -0.39 is 8.56 Å². The van der Waals surface area contributed by atoms with Gasteiger partial charge in [0, 0.05) is 6.61 Å². The zero-order valence-corrected chi connectivity index (χ0v) is 18.4. The van der Waals surface area contributed by atoms with Crippen LogP contribution in [0.4, 0.5) is 0 Å². The number of methoxy groups -OCH3 is 2. The number of rotatable bonds is 15.